The van der Waals surface area contributed by atoms with Crippen molar-refractivity contribution in [1.82, 2.24) is 10.6 Å². The van der Waals surface area contributed by atoms with Crippen molar-refractivity contribution in [3.63, 3.8) is 0 Å². The zero-order chi connectivity index (χ0) is 22.5. The number of allylic oxidation sites excluding steroid dienone is 1. The topological polar surface area (TPSA) is 85.9 Å². The third kappa shape index (κ3) is 7.89. The summed E-state index contributed by atoms with van der Waals surface area (Å²) in [6.45, 7) is 5.82. The monoisotopic (exact) mass is 424 g/mol. The minimum atomic E-state index is -0.812. The summed E-state index contributed by atoms with van der Waals surface area (Å²) in [5.74, 6) is 0.0246. The van der Waals surface area contributed by atoms with Gasteiger partial charge < -0.3 is 24.8 Å². The number of para-hydroxylation sites is 1. The molecule has 0 saturated carbocycles. The number of amides is 1. The van der Waals surface area contributed by atoms with Crippen LogP contribution < -0.4 is 15.4 Å². The second kappa shape index (κ2) is 12.7. The summed E-state index contributed by atoms with van der Waals surface area (Å²) in [6.07, 6.45) is 0.762. The Morgan fingerprint density at radius 2 is 1.71 bits per heavy atom. The molecule has 7 nitrogen and oxygen atoms in total. The van der Waals surface area contributed by atoms with Crippen LogP contribution >= 0.6 is 0 Å². The predicted octanol–water partition coefficient (Wildman–Crippen LogP) is 3.58. The van der Waals surface area contributed by atoms with E-state index in [0.717, 1.165) is 5.56 Å². The highest BCUT2D eigenvalue weighted by molar-refractivity contribution is 5.91. The molecular formula is C24H28N2O5. The van der Waals surface area contributed by atoms with Gasteiger partial charge >= 0.3 is 12.1 Å². The standard InChI is InChI=1S/C24H28N2O5/c1-4-15-30-24(28)26-21(17-31-20-13-9-6-10-14-20)22(23(27)29-3)18(2)25-16-19-11-7-5-8-12-19/h4-14,21,25H,1,15-17H2,2-3H3,(H,26,28)/b22-18-/t21-/m0/s1. The van der Waals surface area contributed by atoms with Gasteiger partial charge in [-0.15, -0.1) is 0 Å². The molecule has 0 spiro atoms. The van der Waals surface area contributed by atoms with Gasteiger partial charge in [-0.1, -0.05) is 61.2 Å². The lowest BCUT2D eigenvalue weighted by Gasteiger charge is -2.23. The molecule has 7 heteroatoms. The first-order valence-corrected chi connectivity index (χ1v) is 9.84. The van der Waals surface area contributed by atoms with Crippen molar-refractivity contribution in [3.8, 4) is 5.75 Å². The van der Waals surface area contributed by atoms with Gasteiger partial charge in [-0.3, -0.25) is 0 Å². The van der Waals surface area contributed by atoms with Gasteiger partial charge in [0.25, 0.3) is 0 Å². The first kappa shape index (κ1) is 23.5. The summed E-state index contributed by atoms with van der Waals surface area (Å²) in [7, 11) is 1.29. The number of ether oxygens (including phenoxy) is 3. The van der Waals surface area contributed by atoms with Crippen molar-refractivity contribution in [1.29, 1.82) is 0 Å². The van der Waals surface area contributed by atoms with Crippen molar-refractivity contribution in [2.75, 3.05) is 20.3 Å². The lowest BCUT2D eigenvalue weighted by atomic mass is 10.1. The summed E-state index contributed by atoms with van der Waals surface area (Å²) >= 11 is 0. The van der Waals surface area contributed by atoms with Gasteiger partial charge in [0, 0.05) is 12.2 Å². The molecule has 1 atom stereocenters. The number of carbonyl (C=O) groups excluding carboxylic acids is 2. The highest BCUT2D eigenvalue weighted by Crippen LogP contribution is 2.15. The molecule has 164 valence electrons. The van der Waals surface area contributed by atoms with Crippen LogP contribution in [0.25, 0.3) is 0 Å². The first-order chi connectivity index (χ1) is 15.0. The molecule has 2 aromatic carbocycles. The molecule has 0 heterocycles. The summed E-state index contributed by atoms with van der Waals surface area (Å²) in [4.78, 5) is 24.8. The Morgan fingerprint density at radius 1 is 1.06 bits per heavy atom. The third-order valence-electron chi connectivity index (χ3n) is 4.34. The molecule has 0 bridgehead atoms. The molecule has 2 N–H and O–H groups in total. The average molecular weight is 424 g/mol. The van der Waals surface area contributed by atoms with E-state index in [0.29, 0.717) is 18.0 Å². The lowest BCUT2D eigenvalue weighted by molar-refractivity contribution is -0.136. The number of methoxy groups -OCH3 is 1. The molecule has 2 aromatic rings. The van der Waals surface area contributed by atoms with Crippen molar-refractivity contribution in [2.45, 2.75) is 19.5 Å². The van der Waals surface area contributed by atoms with E-state index in [1.54, 1.807) is 19.1 Å². The van der Waals surface area contributed by atoms with Crippen LogP contribution in [0.1, 0.15) is 12.5 Å². The summed E-state index contributed by atoms with van der Waals surface area (Å²) in [5, 5.41) is 5.91. The molecule has 0 unspecified atom stereocenters. The van der Waals surface area contributed by atoms with E-state index in [9.17, 15) is 9.59 Å². The van der Waals surface area contributed by atoms with Crippen molar-refractivity contribution in [2.24, 2.45) is 0 Å². The molecule has 0 radical (unpaired) electrons. The number of esters is 1. The fourth-order valence-electron chi connectivity index (χ4n) is 2.80. The van der Waals surface area contributed by atoms with E-state index in [1.165, 1.54) is 13.2 Å². The van der Waals surface area contributed by atoms with Crippen molar-refractivity contribution < 1.29 is 23.8 Å². The lowest BCUT2D eigenvalue weighted by Crippen LogP contribution is -2.44. The highest BCUT2D eigenvalue weighted by Gasteiger charge is 2.27. The van der Waals surface area contributed by atoms with Gasteiger partial charge in [-0.25, -0.2) is 9.59 Å². The minimum absolute atomic E-state index is 0.00198. The first-order valence-electron chi connectivity index (χ1n) is 9.84. The molecule has 0 aliphatic heterocycles. The highest BCUT2D eigenvalue weighted by atomic mass is 16.5. The van der Waals surface area contributed by atoms with Crippen LogP contribution in [0.4, 0.5) is 4.79 Å². The molecule has 0 aliphatic rings. The zero-order valence-corrected chi connectivity index (χ0v) is 17.8. The van der Waals surface area contributed by atoms with Crippen molar-refractivity contribution in [3.05, 3.63) is 90.2 Å². The Morgan fingerprint density at radius 3 is 2.32 bits per heavy atom. The normalized spacial score (nSPS) is 12.1. The van der Waals surface area contributed by atoms with Crippen LogP contribution in [0.3, 0.4) is 0 Å². The fourth-order valence-corrected chi connectivity index (χ4v) is 2.80. The van der Waals surface area contributed by atoms with Gasteiger partial charge in [0.05, 0.1) is 12.7 Å². The molecule has 31 heavy (non-hydrogen) atoms. The molecule has 1 amide bonds. The van der Waals surface area contributed by atoms with Crippen LogP contribution in [0.15, 0.2) is 84.6 Å². The van der Waals surface area contributed by atoms with E-state index in [2.05, 4.69) is 17.2 Å². The Bertz CT molecular complexity index is 881. The third-order valence-corrected chi connectivity index (χ3v) is 4.34. The number of hydrogen-bond donors (Lipinski definition) is 2. The number of hydrogen-bond acceptors (Lipinski definition) is 6. The molecule has 0 saturated heterocycles. The molecule has 0 fully saturated rings. The van der Waals surface area contributed by atoms with Gasteiger partial charge in [-0.05, 0) is 24.6 Å². The quantitative estimate of drug-likeness (QED) is 0.326. The van der Waals surface area contributed by atoms with Crippen LogP contribution in [-0.2, 0) is 20.8 Å². The molecule has 2 rings (SSSR count). The summed E-state index contributed by atoms with van der Waals surface area (Å²) in [6, 6.07) is 18.0. The maximum absolute atomic E-state index is 12.6. The van der Waals surface area contributed by atoms with Gasteiger partial charge in [0.1, 0.15) is 25.0 Å². The number of benzene rings is 2. The van der Waals surface area contributed by atoms with E-state index in [1.807, 2.05) is 48.5 Å². The molecule has 0 aromatic heterocycles. The van der Waals surface area contributed by atoms with Gasteiger partial charge in [0.15, 0.2) is 0 Å². The molecule has 0 aliphatic carbocycles. The second-order valence-corrected chi connectivity index (χ2v) is 6.58. The smallest absolute Gasteiger partial charge is 0.408 e. The van der Waals surface area contributed by atoms with Gasteiger partial charge in [0.2, 0.25) is 0 Å². The molecular weight excluding hydrogens is 396 g/mol. The minimum Gasteiger partial charge on any atom is -0.491 e. The van der Waals surface area contributed by atoms with E-state index >= 15 is 0 Å². The van der Waals surface area contributed by atoms with E-state index in [4.69, 9.17) is 14.2 Å². The second-order valence-electron chi connectivity index (χ2n) is 6.58. The Kier molecular flexibility index (Phi) is 9.68. The largest absolute Gasteiger partial charge is 0.491 e. The van der Waals surface area contributed by atoms with Crippen LogP contribution in [0.2, 0.25) is 0 Å². The predicted molar refractivity (Wildman–Crippen MR) is 118 cm³/mol. The van der Waals surface area contributed by atoms with E-state index < -0.39 is 18.1 Å². The maximum Gasteiger partial charge on any atom is 0.408 e. The fraction of sp³-hybridized carbons (Fsp3) is 0.250. The zero-order valence-electron chi connectivity index (χ0n) is 17.8. The van der Waals surface area contributed by atoms with Crippen molar-refractivity contribution >= 4 is 12.1 Å². The number of carbonyl (C=O) groups is 2. The van der Waals surface area contributed by atoms with Gasteiger partial charge in [-0.2, -0.15) is 0 Å². The summed E-state index contributed by atoms with van der Waals surface area (Å²) in [5.41, 5.74) is 1.84. The van der Waals surface area contributed by atoms with Crippen LogP contribution in [-0.4, -0.2) is 38.4 Å². The number of alkyl carbamates (subject to hydrolysis) is 1. The Balaban J connectivity index is 2.25. The number of nitrogens with one attached hydrogen (secondary N) is 2. The van der Waals surface area contributed by atoms with E-state index in [-0.39, 0.29) is 18.8 Å². The number of rotatable bonds is 11. The Hall–Kier alpha value is -3.74. The van der Waals surface area contributed by atoms with Crippen LogP contribution in [0, 0.1) is 0 Å². The summed E-state index contributed by atoms with van der Waals surface area (Å²) < 4.78 is 15.8. The van der Waals surface area contributed by atoms with Crippen LogP contribution in [0.5, 0.6) is 5.75 Å². The SMILES string of the molecule is C=CCOC(=O)N[C@@H](COc1ccccc1)/C(C(=O)OC)=C(\C)NCc1ccccc1. The maximum atomic E-state index is 12.6. The average Bonchev–Trinajstić information content (AvgIpc) is 2.81. The Labute approximate surface area is 182 Å².